The minimum absolute atomic E-state index is 0.340. The standard InChI is InChI=1S/C20H32ClN3O3/c1-3-22-20(23-10-15-27-19-7-4-6-17(21)16-19)24-11-8-18(9-12-24)26-14-5-13-25-2/h4,6-7,16,18H,3,5,8-15H2,1-2H3,(H,22,23). The van der Waals surface area contributed by atoms with Gasteiger partial charge in [-0.3, -0.25) is 0 Å². The zero-order valence-electron chi connectivity index (χ0n) is 16.5. The van der Waals surface area contributed by atoms with Gasteiger partial charge in [-0.15, -0.1) is 0 Å². The van der Waals surface area contributed by atoms with Gasteiger partial charge in [0.25, 0.3) is 0 Å². The first-order chi connectivity index (χ1) is 13.2. The topological polar surface area (TPSA) is 55.3 Å². The van der Waals surface area contributed by atoms with E-state index >= 15 is 0 Å². The van der Waals surface area contributed by atoms with Crippen LogP contribution in [-0.2, 0) is 9.47 Å². The van der Waals surface area contributed by atoms with Crippen LogP contribution in [0.3, 0.4) is 0 Å². The molecule has 0 bridgehead atoms. The summed E-state index contributed by atoms with van der Waals surface area (Å²) in [4.78, 5) is 7.01. The van der Waals surface area contributed by atoms with Gasteiger partial charge in [0.15, 0.2) is 5.96 Å². The monoisotopic (exact) mass is 397 g/mol. The first-order valence-corrected chi connectivity index (χ1v) is 10.1. The molecule has 27 heavy (non-hydrogen) atoms. The Hall–Kier alpha value is -1.50. The summed E-state index contributed by atoms with van der Waals surface area (Å²) in [7, 11) is 1.72. The third-order valence-corrected chi connectivity index (χ3v) is 4.58. The minimum Gasteiger partial charge on any atom is -0.492 e. The molecule has 6 nitrogen and oxygen atoms in total. The number of hydrogen-bond donors (Lipinski definition) is 1. The predicted octanol–water partition coefficient (Wildman–Crippen LogP) is 3.20. The van der Waals surface area contributed by atoms with E-state index in [1.165, 1.54) is 0 Å². The molecule has 0 unspecified atom stereocenters. The lowest BCUT2D eigenvalue weighted by atomic mass is 10.1. The fraction of sp³-hybridized carbons (Fsp3) is 0.650. The van der Waals surface area contributed by atoms with Crippen molar-refractivity contribution >= 4 is 17.6 Å². The highest BCUT2D eigenvalue weighted by molar-refractivity contribution is 6.30. The van der Waals surface area contributed by atoms with E-state index < -0.39 is 0 Å². The van der Waals surface area contributed by atoms with Crippen LogP contribution in [0.15, 0.2) is 29.3 Å². The molecule has 1 aromatic rings. The molecule has 1 fully saturated rings. The average molecular weight is 398 g/mol. The number of likely N-dealkylation sites (tertiary alicyclic amines) is 1. The number of ether oxygens (including phenoxy) is 3. The number of piperidine rings is 1. The van der Waals surface area contributed by atoms with Crippen LogP contribution < -0.4 is 10.1 Å². The van der Waals surface area contributed by atoms with Crippen molar-refractivity contribution in [2.75, 3.05) is 53.1 Å². The molecule has 2 rings (SSSR count). The van der Waals surface area contributed by atoms with Crippen LogP contribution in [0.5, 0.6) is 5.75 Å². The normalized spacial score (nSPS) is 15.8. The summed E-state index contributed by atoms with van der Waals surface area (Å²) < 4.78 is 16.7. The van der Waals surface area contributed by atoms with Gasteiger partial charge in [-0.05, 0) is 44.4 Å². The van der Waals surface area contributed by atoms with Crippen molar-refractivity contribution in [3.63, 3.8) is 0 Å². The molecule has 1 aliphatic heterocycles. The van der Waals surface area contributed by atoms with Crippen molar-refractivity contribution in [3.05, 3.63) is 29.3 Å². The zero-order chi connectivity index (χ0) is 19.3. The molecular formula is C20H32ClN3O3. The van der Waals surface area contributed by atoms with Gasteiger partial charge in [0.1, 0.15) is 12.4 Å². The van der Waals surface area contributed by atoms with Gasteiger partial charge in [0.05, 0.1) is 12.6 Å². The molecule has 1 aliphatic rings. The first-order valence-electron chi connectivity index (χ1n) is 9.75. The molecule has 0 aliphatic carbocycles. The van der Waals surface area contributed by atoms with Crippen molar-refractivity contribution in [1.29, 1.82) is 0 Å². The van der Waals surface area contributed by atoms with Gasteiger partial charge >= 0.3 is 0 Å². The fourth-order valence-electron chi connectivity index (χ4n) is 2.99. The molecule has 0 amide bonds. The van der Waals surface area contributed by atoms with E-state index in [1.807, 2.05) is 24.3 Å². The Morgan fingerprint density at radius 2 is 2.07 bits per heavy atom. The van der Waals surface area contributed by atoms with Crippen molar-refractivity contribution in [2.45, 2.75) is 32.3 Å². The second-order valence-electron chi connectivity index (χ2n) is 6.45. The summed E-state index contributed by atoms with van der Waals surface area (Å²) in [6.07, 6.45) is 3.34. The molecule has 7 heteroatoms. The molecule has 0 spiro atoms. The molecule has 0 radical (unpaired) electrons. The number of nitrogens with one attached hydrogen (secondary N) is 1. The molecule has 1 heterocycles. The van der Waals surface area contributed by atoms with Crippen LogP contribution in [0.25, 0.3) is 0 Å². The van der Waals surface area contributed by atoms with E-state index in [0.29, 0.717) is 24.3 Å². The largest absolute Gasteiger partial charge is 0.492 e. The van der Waals surface area contributed by atoms with E-state index in [2.05, 4.69) is 17.1 Å². The molecule has 1 aromatic carbocycles. The third kappa shape index (κ3) is 8.37. The summed E-state index contributed by atoms with van der Waals surface area (Å²) in [6.45, 7) is 7.49. The second-order valence-corrected chi connectivity index (χ2v) is 6.88. The maximum atomic E-state index is 5.97. The average Bonchev–Trinajstić information content (AvgIpc) is 2.68. The van der Waals surface area contributed by atoms with Gasteiger partial charge in [-0.1, -0.05) is 17.7 Å². The van der Waals surface area contributed by atoms with E-state index in [0.717, 1.165) is 63.8 Å². The Morgan fingerprint density at radius 3 is 2.78 bits per heavy atom. The second kappa shape index (κ2) is 12.8. The number of rotatable bonds is 10. The quantitative estimate of drug-likeness (QED) is 0.373. The zero-order valence-corrected chi connectivity index (χ0v) is 17.2. The highest BCUT2D eigenvalue weighted by atomic mass is 35.5. The molecule has 1 N–H and O–H groups in total. The molecular weight excluding hydrogens is 366 g/mol. The Labute approximate surface area is 167 Å². The van der Waals surface area contributed by atoms with Gasteiger partial charge in [-0.25, -0.2) is 4.99 Å². The molecule has 0 atom stereocenters. The Balaban J connectivity index is 1.73. The maximum absolute atomic E-state index is 5.97. The first kappa shape index (κ1) is 21.8. The fourth-order valence-corrected chi connectivity index (χ4v) is 3.17. The number of halogens is 1. The van der Waals surface area contributed by atoms with Gasteiger partial charge in [0, 0.05) is 45.0 Å². The third-order valence-electron chi connectivity index (χ3n) is 4.34. The summed E-state index contributed by atoms with van der Waals surface area (Å²) in [5.74, 6) is 1.72. The number of guanidine groups is 1. The summed E-state index contributed by atoms with van der Waals surface area (Å²) in [5, 5.41) is 4.05. The van der Waals surface area contributed by atoms with Crippen LogP contribution in [0, 0.1) is 0 Å². The SMILES string of the molecule is CCNC(=NCCOc1cccc(Cl)c1)N1CCC(OCCCOC)CC1. The predicted molar refractivity (Wildman–Crippen MR) is 110 cm³/mol. The highest BCUT2D eigenvalue weighted by Gasteiger charge is 2.21. The molecule has 0 aromatic heterocycles. The Morgan fingerprint density at radius 1 is 1.26 bits per heavy atom. The van der Waals surface area contributed by atoms with Crippen molar-refractivity contribution < 1.29 is 14.2 Å². The molecule has 1 saturated heterocycles. The maximum Gasteiger partial charge on any atom is 0.194 e. The number of nitrogens with zero attached hydrogens (tertiary/aromatic N) is 2. The van der Waals surface area contributed by atoms with E-state index in [9.17, 15) is 0 Å². The number of benzene rings is 1. The van der Waals surface area contributed by atoms with E-state index in [4.69, 9.17) is 30.8 Å². The lowest BCUT2D eigenvalue weighted by Gasteiger charge is -2.34. The lowest BCUT2D eigenvalue weighted by molar-refractivity contribution is 0.00990. The summed E-state index contributed by atoms with van der Waals surface area (Å²) >= 11 is 5.97. The Kier molecular flexibility index (Phi) is 10.3. The number of aliphatic imine (C=N–C) groups is 1. The highest BCUT2D eigenvalue weighted by Crippen LogP contribution is 2.17. The minimum atomic E-state index is 0.340. The molecule has 152 valence electrons. The summed E-state index contributed by atoms with van der Waals surface area (Å²) in [6, 6.07) is 7.43. The van der Waals surface area contributed by atoms with Gasteiger partial charge in [-0.2, -0.15) is 0 Å². The Bertz CT molecular complexity index is 563. The van der Waals surface area contributed by atoms with E-state index in [-0.39, 0.29) is 0 Å². The van der Waals surface area contributed by atoms with Crippen LogP contribution in [0.2, 0.25) is 5.02 Å². The van der Waals surface area contributed by atoms with Crippen molar-refractivity contribution in [2.24, 2.45) is 4.99 Å². The van der Waals surface area contributed by atoms with Crippen LogP contribution >= 0.6 is 11.6 Å². The van der Waals surface area contributed by atoms with Gasteiger partial charge in [0.2, 0.25) is 0 Å². The smallest absolute Gasteiger partial charge is 0.194 e. The van der Waals surface area contributed by atoms with Gasteiger partial charge < -0.3 is 24.4 Å². The van der Waals surface area contributed by atoms with Crippen LogP contribution in [0.4, 0.5) is 0 Å². The number of hydrogen-bond acceptors (Lipinski definition) is 4. The number of methoxy groups -OCH3 is 1. The van der Waals surface area contributed by atoms with Crippen LogP contribution in [-0.4, -0.2) is 70.1 Å². The molecule has 0 saturated carbocycles. The van der Waals surface area contributed by atoms with Crippen LogP contribution in [0.1, 0.15) is 26.2 Å². The van der Waals surface area contributed by atoms with Crippen molar-refractivity contribution in [3.8, 4) is 5.75 Å². The van der Waals surface area contributed by atoms with Crippen molar-refractivity contribution in [1.82, 2.24) is 10.2 Å². The van der Waals surface area contributed by atoms with E-state index in [1.54, 1.807) is 7.11 Å². The lowest BCUT2D eigenvalue weighted by Crippen LogP contribution is -2.47. The summed E-state index contributed by atoms with van der Waals surface area (Å²) in [5.41, 5.74) is 0.